The molecule has 1 aromatic heterocycles. The lowest BCUT2D eigenvalue weighted by molar-refractivity contribution is 0.0996. The number of hydrogen-bond acceptors (Lipinski definition) is 3. The predicted molar refractivity (Wildman–Crippen MR) is 63.3 cm³/mol. The van der Waals surface area contributed by atoms with Crippen LogP contribution in [0.3, 0.4) is 0 Å². The smallest absolute Gasteiger partial charge is 0.293 e. The lowest BCUT2D eigenvalue weighted by Crippen LogP contribution is -2.12. The van der Waals surface area contributed by atoms with Gasteiger partial charge < -0.3 is 9.73 Å². The highest BCUT2D eigenvalue weighted by Gasteiger charge is 2.14. The van der Waals surface area contributed by atoms with Crippen LogP contribution in [-0.2, 0) is 0 Å². The molecule has 82 valence electrons. The second-order valence-electron chi connectivity index (χ2n) is 3.20. The second-order valence-corrected chi connectivity index (χ2v) is 4.06. The molecule has 16 heavy (non-hydrogen) atoms. The zero-order valence-corrected chi connectivity index (χ0v) is 10.1. The minimum Gasteiger partial charge on any atom is -0.438 e. The summed E-state index contributed by atoms with van der Waals surface area (Å²) in [5.74, 6) is -0.0716. The van der Waals surface area contributed by atoms with E-state index in [1.165, 1.54) is 6.39 Å². The van der Waals surface area contributed by atoms with Gasteiger partial charge in [0.15, 0.2) is 6.39 Å². The number of aryl methyl sites for hydroxylation is 1. The number of para-hydroxylation sites is 1. The Bertz CT molecular complexity index is 522. The van der Waals surface area contributed by atoms with E-state index in [4.69, 9.17) is 4.42 Å². The Morgan fingerprint density at radius 3 is 2.81 bits per heavy atom. The molecule has 0 fully saturated rings. The summed E-state index contributed by atoms with van der Waals surface area (Å²) < 4.78 is 5.82. The molecule has 2 rings (SSSR count). The van der Waals surface area contributed by atoms with Crippen molar-refractivity contribution in [1.82, 2.24) is 4.98 Å². The van der Waals surface area contributed by atoms with Crippen LogP contribution in [0.25, 0.3) is 0 Å². The Morgan fingerprint density at radius 2 is 2.19 bits per heavy atom. The maximum atomic E-state index is 11.8. The van der Waals surface area contributed by atoms with Crippen molar-refractivity contribution in [2.24, 2.45) is 0 Å². The maximum Gasteiger partial charge on any atom is 0.293 e. The number of benzene rings is 1. The number of carbonyl (C=O) groups excluding carboxylic acids is 1. The van der Waals surface area contributed by atoms with E-state index in [2.05, 4.69) is 26.2 Å². The quantitative estimate of drug-likeness (QED) is 0.920. The number of amides is 1. The fraction of sp³-hybridized carbons (Fsp3) is 0.0909. The third kappa shape index (κ3) is 2.14. The van der Waals surface area contributed by atoms with Crippen molar-refractivity contribution in [3.8, 4) is 0 Å². The highest BCUT2D eigenvalue weighted by Crippen LogP contribution is 2.22. The number of halogens is 1. The van der Waals surface area contributed by atoms with E-state index >= 15 is 0 Å². The summed E-state index contributed by atoms with van der Waals surface area (Å²) in [4.78, 5) is 15.6. The largest absolute Gasteiger partial charge is 0.438 e. The average molecular weight is 281 g/mol. The van der Waals surface area contributed by atoms with Gasteiger partial charge in [0.05, 0.1) is 11.4 Å². The molecule has 2 aromatic rings. The van der Waals surface area contributed by atoms with E-state index in [1.54, 1.807) is 13.0 Å². The maximum absolute atomic E-state index is 11.8. The van der Waals surface area contributed by atoms with Crippen LogP contribution in [0.15, 0.2) is 39.5 Å². The van der Waals surface area contributed by atoms with Crippen molar-refractivity contribution in [2.45, 2.75) is 6.92 Å². The van der Waals surface area contributed by atoms with Crippen LogP contribution in [0, 0.1) is 6.92 Å². The first-order chi connectivity index (χ1) is 7.68. The summed E-state index contributed by atoms with van der Waals surface area (Å²) in [6.07, 6.45) is 1.25. The van der Waals surface area contributed by atoms with E-state index in [0.717, 1.165) is 4.47 Å². The number of carbonyl (C=O) groups is 1. The average Bonchev–Trinajstić information content (AvgIpc) is 2.68. The fourth-order valence-corrected chi connectivity index (χ4v) is 1.65. The van der Waals surface area contributed by atoms with Gasteiger partial charge in [-0.15, -0.1) is 0 Å². The first kappa shape index (κ1) is 10.9. The second kappa shape index (κ2) is 4.49. The number of hydrogen-bond donors (Lipinski definition) is 1. The molecule has 0 saturated heterocycles. The number of oxazole rings is 1. The summed E-state index contributed by atoms with van der Waals surface area (Å²) in [6, 6.07) is 7.36. The summed E-state index contributed by atoms with van der Waals surface area (Å²) >= 11 is 3.35. The molecule has 0 aliphatic rings. The molecule has 1 aromatic carbocycles. The minimum absolute atomic E-state index is 0.232. The van der Waals surface area contributed by atoms with Gasteiger partial charge in [-0.05, 0) is 35.0 Å². The standard InChI is InChI=1S/C11H9BrN2O2/c1-7-10(16-6-13-7)11(15)14-9-5-3-2-4-8(9)12/h2-6H,1H3,(H,14,15). The normalized spacial score (nSPS) is 10.1. The van der Waals surface area contributed by atoms with Crippen molar-refractivity contribution >= 4 is 27.5 Å². The molecule has 0 atom stereocenters. The van der Waals surface area contributed by atoms with Gasteiger partial charge in [0, 0.05) is 4.47 Å². The van der Waals surface area contributed by atoms with Crippen LogP contribution in [-0.4, -0.2) is 10.9 Å². The Balaban J connectivity index is 2.21. The molecule has 1 heterocycles. The molecule has 5 heteroatoms. The highest BCUT2D eigenvalue weighted by atomic mass is 79.9. The lowest BCUT2D eigenvalue weighted by Gasteiger charge is -2.05. The molecule has 0 aliphatic heterocycles. The summed E-state index contributed by atoms with van der Waals surface area (Å²) in [6.45, 7) is 1.72. The van der Waals surface area contributed by atoms with Gasteiger partial charge in [-0.2, -0.15) is 0 Å². The predicted octanol–water partition coefficient (Wildman–Crippen LogP) is 3.00. The SMILES string of the molecule is Cc1ncoc1C(=O)Nc1ccccc1Br. The van der Waals surface area contributed by atoms with Crippen LogP contribution >= 0.6 is 15.9 Å². The van der Waals surface area contributed by atoms with E-state index in [-0.39, 0.29) is 11.7 Å². The summed E-state index contributed by atoms with van der Waals surface area (Å²) in [5.41, 5.74) is 1.27. The third-order valence-electron chi connectivity index (χ3n) is 2.07. The monoisotopic (exact) mass is 280 g/mol. The third-order valence-corrected chi connectivity index (χ3v) is 2.77. The van der Waals surface area contributed by atoms with Gasteiger partial charge >= 0.3 is 0 Å². The lowest BCUT2D eigenvalue weighted by atomic mass is 10.3. The zero-order chi connectivity index (χ0) is 11.5. The Hall–Kier alpha value is -1.62. The summed E-state index contributed by atoms with van der Waals surface area (Å²) in [7, 11) is 0. The molecule has 0 aliphatic carbocycles. The van der Waals surface area contributed by atoms with Gasteiger partial charge in [-0.3, -0.25) is 4.79 Å². The first-order valence-corrected chi connectivity index (χ1v) is 5.44. The molecule has 0 unspecified atom stereocenters. The number of nitrogens with one attached hydrogen (secondary N) is 1. The number of rotatable bonds is 2. The van der Waals surface area contributed by atoms with Gasteiger partial charge in [-0.1, -0.05) is 12.1 Å². The van der Waals surface area contributed by atoms with E-state index in [9.17, 15) is 4.79 Å². The number of aromatic nitrogens is 1. The van der Waals surface area contributed by atoms with Crippen LogP contribution in [0.4, 0.5) is 5.69 Å². The number of nitrogens with zero attached hydrogens (tertiary/aromatic N) is 1. The Kier molecular flexibility index (Phi) is 3.05. The van der Waals surface area contributed by atoms with Crippen LogP contribution in [0.1, 0.15) is 16.2 Å². The highest BCUT2D eigenvalue weighted by molar-refractivity contribution is 9.10. The fourth-order valence-electron chi connectivity index (χ4n) is 1.26. The molecule has 1 amide bonds. The first-order valence-electron chi connectivity index (χ1n) is 4.64. The van der Waals surface area contributed by atoms with Crippen LogP contribution in [0.2, 0.25) is 0 Å². The van der Waals surface area contributed by atoms with E-state index in [0.29, 0.717) is 11.4 Å². The molecular formula is C11H9BrN2O2. The van der Waals surface area contributed by atoms with Crippen molar-refractivity contribution in [1.29, 1.82) is 0 Å². The molecule has 0 saturated carbocycles. The number of anilines is 1. The van der Waals surface area contributed by atoms with Gasteiger partial charge in [0.1, 0.15) is 0 Å². The minimum atomic E-state index is -0.304. The molecule has 0 radical (unpaired) electrons. The zero-order valence-electron chi connectivity index (χ0n) is 8.53. The summed E-state index contributed by atoms with van der Waals surface area (Å²) in [5, 5.41) is 2.73. The van der Waals surface area contributed by atoms with Gasteiger partial charge in [-0.25, -0.2) is 4.98 Å². The molecule has 1 N–H and O–H groups in total. The van der Waals surface area contributed by atoms with Gasteiger partial charge in [0.25, 0.3) is 5.91 Å². The Morgan fingerprint density at radius 1 is 1.44 bits per heavy atom. The molecule has 0 spiro atoms. The van der Waals surface area contributed by atoms with Crippen molar-refractivity contribution in [3.05, 3.63) is 46.6 Å². The van der Waals surface area contributed by atoms with Crippen molar-refractivity contribution < 1.29 is 9.21 Å². The molecule has 0 bridgehead atoms. The van der Waals surface area contributed by atoms with Crippen LogP contribution in [0.5, 0.6) is 0 Å². The van der Waals surface area contributed by atoms with Crippen LogP contribution < -0.4 is 5.32 Å². The van der Waals surface area contributed by atoms with Crippen molar-refractivity contribution in [3.63, 3.8) is 0 Å². The Labute approximate surface area is 101 Å². The van der Waals surface area contributed by atoms with Gasteiger partial charge in [0.2, 0.25) is 5.76 Å². The topological polar surface area (TPSA) is 55.1 Å². The van der Waals surface area contributed by atoms with E-state index < -0.39 is 0 Å². The van der Waals surface area contributed by atoms with E-state index in [1.807, 2.05) is 18.2 Å². The molecular weight excluding hydrogens is 272 g/mol. The van der Waals surface area contributed by atoms with Crippen molar-refractivity contribution in [2.75, 3.05) is 5.32 Å². The molecule has 4 nitrogen and oxygen atoms in total.